The van der Waals surface area contributed by atoms with Gasteiger partial charge in [-0.2, -0.15) is 0 Å². The van der Waals surface area contributed by atoms with Gasteiger partial charge in [0, 0.05) is 12.4 Å². The van der Waals surface area contributed by atoms with Crippen LogP contribution in [0, 0.1) is 0 Å². The Balaban J connectivity index is 0.000000424. The van der Waals surface area contributed by atoms with Crippen LogP contribution >= 0.6 is 0 Å². The van der Waals surface area contributed by atoms with Crippen LogP contribution in [0.2, 0.25) is 0 Å². The molecule has 1 rings (SSSR count). The van der Waals surface area contributed by atoms with E-state index in [-0.39, 0.29) is 0 Å². The lowest BCUT2D eigenvalue weighted by Crippen LogP contribution is -1.94. The molecule has 0 radical (unpaired) electrons. The second-order valence-corrected chi connectivity index (χ2v) is 2.44. The number of rotatable bonds is 3. The van der Waals surface area contributed by atoms with Crippen LogP contribution in [0.4, 0.5) is 0 Å². The van der Waals surface area contributed by atoms with Crippen LogP contribution in [0.5, 0.6) is 5.75 Å². The van der Waals surface area contributed by atoms with Crippen molar-refractivity contribution >= 4 is 0 Å². The van der Waals surface area contributed by atoms with Crippen molar-refractivity contribution in [2.24, 2.45) is 5.73 Å². The minimum absolute atomic E-state index is 0.750. The van der Waals surface area contributed by atoms with Crippen molar-refractivity contribution in [2.45, 2.75) is 20.3 Å². The summed E-state index contributed by atoms with van der Waals surface area (Å²) in [4.78, 5) is 3.87. The molecule has 2 N–H and O–H groups in total. The maximum atomic E-state index is 5.32. The van der Waals surface area contributed by atoms with E-state index in [4.69, 9.17) is 10.5 Å². The largest absolute Gasteiger partial charge is 0.493 e. The molecule has 13 heavy (non-hydrogen) atoms. The van der Waals surface area contributed by atoms with Crippen LogP contribution in [-0.2, 0) is 0 Å². The van der Waals surface area contributed by atoms with Gasteiger partial charge in [0.05, 0.1) is 6.61 Å². The Kier molecular flexibility index (Phi) is 8.25. The average Bonchev–Trinajstić information content (AvgIpc) is 2.18. The Morgan fingerprint density at radius 1 is 1.31 bits per heavy atom. The fraction of sp³-hybridized carbons (Fsp3) is 0.500. The van der Waals surface area contributed by atoms with E-state index in [1.165, 1.54) is 0 Å². The molecule has 0 unspecified atom stereocenters. The molecular formula is C10H18N2O. The van der Waals surface area contributed by atoms with Gasteiger partial charge in [0.2, 0.25) is 0 Å². The number of hydrogen-bond acceptors (Lipinski definition) is 3. The monoisotopic (exact) mass is 182 g/mol. The Labute approximate surface area is 79.9 Å². The highest BCUT2D eigenvalue weighted by atomic mass is 16.5. The molecule has 0 saturated heterocycles. The summed E-state index contributed by atoms with van der Waals surface area (Å²) in [6.07, 6.45) is 4.50. The summed E-state index contributed by atoms with van der Waals surface area (Å²) in [5.74, 6) is 0.900. The molecule has 0 bridgehead atoms. The van der Waals surface area contributed by atoms with Gasteiger partial charge in [0.15, 0.2) is 0 Å². The van der Waals surface area contributed by atoms with Crippen molar-refractivity contribution in [1.82, 2.24) is 4.98 Å². The summed E-state index contributed by atoms with van der Waals surface area (Å²) in [5, 5.41) is 0. The molecule has 0 fully saturated rings. The third kappa shape index (κ3) is 7.28. The number of nitrogens with zero attached hydrogens (tertiary/aromatic N) is 1. The number of ether oxygens (including phenoxy) is 1. The molecular weight excluding hydrogens is 164 g/mol. The number of hydrogen-bond donors (Lipinski definition) is 1. The van der Waals surface area contributed by atoms with Crippen LogP contribution < -0.4 is 10.5 Å². The Morgan fingerprint density at radius 3 is 2.31 bits per heavy atom. The quantitative estimate of drug-likeness (QED) is 0.775. The highest BCUT2D eigenvalue weighted by Crippen LogP contribution is 2.06. The van der Waals surface area contributed by atoms with Crippen molar-refractivity contribution in [3.05, 3.63) is 24.5 Å². The van der Waals surface area contributed by atoms with E-state index in [0.29, 0.717) is 0 Å². The van der Waals surface area contributed by atoms with E-state index in [2.05, 4.69) is 11.9 Å². The van der Waals surface area contributed by atoms with E-state index in [1.54, 1.807) is 12.4 Å². The van der Waals surface area contributed by atoms with Gasteiger partial charge in [0.1, 0.15) is 5.75 Å². The fourth-order valence-electron chi connectivity index (χ4n) is 0.654. The molecule has 0 aliphatic rings. The molecule has 0 atom stereocenters. The predicted octanol–water partition coefficient (Wildman–Crippen LogP) is 1.84. The molecule has 3 heteroatoms. The topological polar surface area (TPSA) is 48.1 Å². The summed E-state index contributed by atoms with van der Waals surface area (Å²) < 4.78 is 5.32. The maximum absolute atomic E-state index is 5.32. The minimum Gasteiger partial charge on any atom is -0.493 e. The second kappa shape index (κ2) is 9.00. The average molecular weight is 182 g/mol. The SMILES string of the molecule is CCCOc1ccncc1.CCN. The molecule has 0 amide bonds. The molecule has 1 aromatic heterocycles. The molecule has 0 aliphatic carbocycles. The van der Waals surface area contributed by atoms with E-state index in [9.17, 15) is 0 Å². The predicted molar refractivity (Wildman–Crippen MR) is 54.8 cm³/mol. The highest BCUT2D eigenvalue weighted by Gasteiger charge is 1.87. The van der Waals surface area contributed by atoms with Crippen LogP contribution in [0.1, 0.15) is 20.3 Å². The standard InChI is InChI=1S/C8H11NO.C2H7N/c1-2-7-10-8-3-5-9-6-4-8;1-2-3/h3-6H,2,7H2,1H3;2-3H2,1H3. The fourth-order valence-corrected chi connectivity index (χ4v) is 0.654. The lowest BCUT2D eigenvalue weighted by atomic mass is 10.4. The van der Waals surface area contributed by atoms with Crippen molar-refractivity contribution in [2.75, 3.05) is 13.2 Å². The van der Waals surface area contributed by atoms with Gasteiger partial charge < -0.3 is 10.5 Å². The zero-order chi connectivity index (χ0) is 9.94. The van der Waals surface area contributed by atoms with Crippen LogP contribution in [0.3, 0.4) is 0 Å². The second-order valence-electron chi connectivity index (χ2n) is 2.44. The van der Waals surface area contributed by atoms with Gasteiger partial charge >= 0.3 is 0 Å². The van der Waals surface area contributed by atoms with Gasteiger partial charge in [-0.15, -0.1) is 0 Å². The third-order valence-electron chi connectivity index (χ3n) is 1.12. The smallest absolute Gasteiger partial charge is 0.122 e. The lowest BCUT2D eigenvalue weighted by Gasteiger charge is -2.01. The molecule has 1 aromatic rings. The van der Waals surface area contributed by atoms with E-state index in [1.807, 2.05) is 19.1 Å². The van der Waals surface area contributed by atoms with Crippen molar-refractivity contribution in [3.63, 3.8) is 0 Å². The third-order valence-corrected chi connectivity index (χ3v) is 1.12. The van der Waals surface area contributed by atoms with Crippen molar-refractivity contribution in [3.8, 4) is 5.75 Å². The van der Waals surface area contributed by atoms with Crippen LogP contribution in [-0.4, -0.2) is 18.1 Å². The number of pyridine rings is 1. The van der Waals surface area contributed by atoms with E-state index >= 15 is 0 Å². The van der Waals surface area contributed by atoms with Gasteiger partial charge in [0.25, 0.3) is 0 Å². The Bertz CT molecular complexity index is 189. The molecule has 0 spiro atoms. The van der Waals surface area contributed by atoms with Crippen LogP contribution in [0.15, 0.2) is 24.5 Å². The van der Waals surface area contributed by atoms with E-state index < -0.39 is 0 Å². The van der Waals surface area contributed by atoms with Crippen molar-refractivity contribution < 1.29 is 4.74 Å². The minimum atomic E-state index is 0.750. The van der Waals surface area contributed by atoms with Gasteiger partial charge in [-0.05, 0) is 25.1 Å². The van der Waals surface area contributed by atoms with Crippen LogP contribution in [0.25, 0.3) is 0 Å². The number of aromatic nitrogens is 1. The molecule has 0 saturated carbocycles. The summed E-state index contributed by atoms with van der Waals surface area (Å²) in [6, 6.07) is 3.71. The first-order chi connectivity index (χ1) is 6.35. The molecule has 3 nitrogen and oxygen atoms in total. The van der Waals surface area contributed by atoms with Gasteiger partial charge in [-0.3, -0.25) is 4.98 Å². The zero-order valence-electron chi connectivity index (χ0n) is 8.36. The lowest BCUT2D eigenvalue weighted by molar-refractivity contribution is 0.317. The summed E-state index contributed by atoms with van der Waals surface area (Å²) >= 11 is 0. The van der Waals surface area contributed by atoms with Gasteiger partial charge in [-0.25, -0.2) is 0 Å². The first-order valence-electron chi connectivity index (χ1n) is 4.58. The molecule has 0 aromatic carbocycles. The van der Waals surface area contributed by atoms with Crippen molar-refractivity contribution in [1.29, 1.82) is 0 Å². The van der Waals surface area contributed by atoms with Gasteiger partial charge in [-0.1, -0.05) is 13.8 Å². The normalized spacial score (nSPS) is 8.54. The molecule has 0 aliphatic heterocycles. The summed E-state index contributed by atoms with van der Waals surface area (Å²) in [7, 11) is 0. The summed E-state index contributed by atoms with van der Waals surface area (Å²) in [6.45, 7) is 5.52. The summed E-state index contributed by atoms with van der Waals surface area (Å²) in [5.41, 5.74) is 4.85. The maximum Gasteiger partial charge on any atom is 0.122 e. The molecule has 74 valence electrons. The first-order valence-corrected chi connectivity index (χ1v) is 4.58. The molecule has 1 heterocycles. The first kappa shape index (κ1) is 11.9. The zero-order valence-corrected chi connectivity index (χ0v) is 8.36. The Morgan fingerprint density at radius 2 is 1.85 bits per heavy atom. The van der Waals surface area contributed by atoms with E-state index in [0.717, 1.165) is 25.3 Å². The highest BCUT2D eigenvalue weighted by molar-refractivity contribution is 5.16. The Hall–Kier alpha value is -1.09. The number of nitrogens with two attached hydrogens (primary N) is 1.